The molecule has 0 heterocycles. The number of hydrogen-bond donors (Lipinski definition) is 1. The minimum atomic E-state index is -1.14. The molecule has 0 saturated carbocycles. The first-order chi connectivity index (χ1) is 8.70. The first kappa shape index (κ1) is 17.4. The van der Waals surface area contributed by atoms with Crippen LogP contribution in [0.25, 0.3) is 0 Å². The number of nitrogens with zero attached hydrogens (tertiary/aromatic N) is 2. The maximum Gasteiger partial charge on any atom is 0.408 e. The predicted octanol–water partition coefficient (Wildman–Crippen LogP) is 2.12. The molecule has 0 aliphatic heterocycles. The Labute approximate surface area is 114 Å². The van der Waals surface area contributed by atoms with Crippen LogP contribution >= 0.6 is 0 Å². The smallest absolute Gasteiger partial charge is 0.408 e. The van der Waals surface area contributed by atoms with Crippen LogP contribution in [0.15, 0.2) is 12.7 Å². The Morgan fingerprint density at radius 2 is 1.95 bits per heavy atom. The molecule has 0 saturated heterocycles. The van der Waals surface area contributed by atoms with Gasteiger partial charge in [0.25, 0.3) is 5.91 Å². The molecule has 1 unspecified atom stereocenters. The molecule has 1 atom stereocenters. The van der Waals surface area contributed by atoms with Crippen LogP contribution in [0.1, 0.15) is 34.1 Å². The summed E-state index contributed by atoms with van der Waals surface area (Å²) in [6.07, 6.45) is 0.635. The van der Waals surface area contributed by atoms with Crippen LogP contribution in [0.5, 0.6) is 0 Å². The van der Waals surface area contributed by atoms with Crippen molar-refractivity contribution in [2.45, 2.75) is 45.7 Å². The normalized spacial score (nSPS) is 12.7. The van der Waals surface area contributed by atoms with Crippen molar-refractivity contribution in [1.29, 1.82) is 0 Å². The van der Waals surface area contributed by atoms with E-state index in [1.165, 1.54) is 13.2 Å². The fraction of sp³-hybridized carbons (Fsp3) is 0.692. The fourth-order valence-electron chi connectivity index (χ4n) is 1.90. The topological polar surface area (TPSA) is 70.1 Å². The number of rotatable bonds is 6. The van der Waals surface area contributed by atoms with Gasteiger partial charge in [0.1, 0.15) is 6.04 Å². The first-order valence-corrected chi connectivity index (χ1v) is 6.19. The van der Waals surface area contributed by atoms with Gasteiger partial charge in [-0.25, -0.2) is 9.86 Å². The van der Waals surface area contributed by atoms with Gasteiger partial charge in [0.05, 0.1) is 7.11 Å². The van der Waals surface area contributed by atoms with E-state index < -0.39 is 17.7 Å². The molecule has 0 radical (unpaired) electrons. The summed E-state index contributed by atoms with van der Waals surface area (Å²) in [5.74, 6) is -0.387. The van der Waals surface area contributed by atoms with Gasteiger partial charge in [0.15, 0.2) is 0 Å². The van der Waals surface area contributed by atoms with E-state index in [9.17, 15) is 14.7 Å². The number of hydroxylamine groups is 2. The number of amides is 2. The van der Waals surface area contributed by atoms with Crippen molar-refractivity contribution in [1.82, 2.24) is 9.96 Å². The second-order valence-electron chi connectivity index (χ2n) is 5.08. The molecular weight excluding hydrogens is 248 g/mol. The number of carbonyl (C=O) groups excluding carboxylic acids is 1. The fourth-order valence-corrected chi connectivity index (χ4v) is 1.90. The standard InChI is InChI=1S/C13H24N2O4/c1-7-9-10(11(16)14(8-2)19-6)15(12(17)18)13(3,4)5/h7,10H,1,8-9H2,2-6H3,(H,17,18). The molecule has 0 aliphatic carbocycles. The number of carboxylic acid groups (broad SMARTS) is 1. The van der Waals surface area contributed by atoms with Crippen LogP contribution in [0, 0.1) is 0 Å². The van der Waals surface area contributed by atoms with Crippen LogP contribution in [-0.2, 0) is 9.63 Å². The van der Waals surface area contributed by atoms with E-state index in [1.807, 2.05) is 0 Å². The van der Waals surface area contributed by atoms with Crippen molar-refractivity contribution in [3.05, 3.63) is 12.7 Å². The van der Waals surface area contributed by atoms with E-state index in [0.717, 1.165) is 9.96 Å². The van der Waals surface area contributed by atoms with E-state index in [2.05, 4.69) is 6.58 Å². The Morgan fingerprint density at radius 3 is 2.21 bits per heavy atom. The zero-order valence-electron chi connectivity index (χ0n) is 12.3. The maximum atomic E-state index is 12.3. The average Bonchev–Trinajstić information content (AvgIpc) is 2.27. The van der Waals surface area contributed by atoms with Gasteiger partial charge < -0.3 is 5.11 Å². The Hall–Kier alpha value is -1.56. The molecule has 0 bridgehead atoms. The maximum absolute atomic E-state index is 12.3. The third kappa shape index (κ3) is 4.55. The van der Waals surface area contributed by atoms with E-state index in [-0.39, 0.29) is 12.3 Å². The van der Waals surface area contributed by atoms with Crippen LogP contribution in [0.3, 0.4) is 0 Å². The van der Waals surface area contributed by atoms with Crippen molar-refractivity contribution in [3.8, 4) is 0 Å². The summed E-state index contributed by atoms with van der Waals surface area (Å²) in [5, 5.41) is 10.5. The van der Waals surface area contributed by atoms with Crippen molar-refractivity contribution >= 4 is 12.0 Å². The quantitative estimate of drug-likeness (QED) is 0.594. The Bertz CT molecular complexity index is 332. The van der Waals surface area contributed by atoms with Gasteiger partial charge in [0.2, 0.25) is 0 Å². The van der Waals surface area contributed by atoms with Gasteiger partial charge >= 0.3 is 6.09 Å². The molecule has 0 aromatic rings. The monoisotopic (exact) mass is 272 g/mol. The minimum absolute atomic E-state index is 0.238. The van der Waals surface area contributed by atoms with Gasteiger partial charge in [-0.3, -0.25) is 14.5 Å². The van der Waals surface area contributed by atoms with Gasteiger partial charge in [-0.15, -0.1) is 6.58 Å². The largest absolute Gasteiger partial charge is 0.465 e. The third-order valence-electron chi connectivity index (χ3n) is 2.67. The SMILES string of the molecule is C=CCC(C(=O)N(CC)OC)N(C(=O)O)C(C)(C)C. The van der Waals surface area contributed by atoms with Gasteiger partial charge in [-0.1, -0.05) is 6.08 Å². The molecule has 2 amide bonds. The molecule has 0 aromatic carbocycles. The summed E-state index contributed by atoms with van der Waals surface area (Å²) in [4.78, 5) is 29.9. The molecule has 19 heavy (non-hydrogen) atoms. The molecule has 0 aromatic heterocycles. The summed E-state index contributed by atoms with van der Waals surface area (Å²) >= 11 is 0. The van der Waals surface area contributed by atoms with E-state index in [1.54, 1.807) is 27.7 Å². The first-order valence-electron chi connectivity index (χ1n) is 6.19. The Kier molecular flexibility index (Phi) is 6.55. The summed E-state index contributed by atoms with van der Waals surface area (Å²) in [6, 6.07) is -0.838. The molecule has 6 heteroatoms. The molecule has 0 rings (SSSR count). The lowest BCUT2D eigenvalue weighted by molar-refractivity contribution is -0.181. The highest BCUT2D eigenvalue weighted by Gasteiger charge is 2.38. The van der Waals surface area contributed by atoms with Crippen LogP contribution in [0.2, 0.25) is 0 Å². The summed E-state index contributed by atoms with van der Waals surface area (Å²) in [6.45, 7) is 10.9. The van der Waals surface area contributed by atoms with Crippen molar-refractivity contribution < 1.29 is 19.5 Å². The van der Waals surface area contributed by atoms with E-state index in [0.29, 0.717) is 6.54 Å². The van der Waals surface area contributed by atoms with Crippen LogP contribution in [0.4, 0.5) is 4.79 Å². The zero-order valence-corrected chi connectivity index (χ0v) is 12.3. The second-order valence-corrected chi connectivity index (χ2v) is 5.08. The highest BCUT2D eigenvalue weighted by atomic mass is 16.7. The summed E-state index contributed by atoms with van der Waals surface area (Å²) in [7, 11) is 1.38. The van der Waals surface area contributed by atoms with Crippen LogP contribution < -0.4 is 0 Å². The number of hydrogen-bond acceptors (Lipinski definition) is 3. The molecule has 0 spiro atoms. The molecular formula is C13H24N2O4. The molecule has 110 valence electrons. The lowest BCUT2D eigenvalue weighted by atomic mass is 10.0. The lowest BCUT2D eigenvalue weighted by Gasteiger charge is -2.39. The van der Waals surface area contributed by atoms with Crippen molar-refractivity contribution in [2.75, 3.05) is 13.7 Å². The predicted molar refractivity (Wildman–Crippen MR) is 72.6 cm³/mol. The van der Waals surface area contributed by atoms with Crippen molar-refractivity contribution in [2.24, 2.45) is 0 Å². The third-order valence-corrected chi connectivity index (χ3v) is 2.67. The van der Waals surface area contributed by atoms with Gasteiger partial charge in [-0.05, 0) is 34.1 Å². The average molecular weight is 272 g/mol. The van der Waals surface area contributed by atoms with Gasteiger partial charge in [-0.2, -0.15) is 0 Å². The Balaban J connectivity index is 5.43. The number of likely N-dealkylation sites (N-methyl/N-ethyl adjacent to an activating group) is 1. The molecule has 0 fully saturated rings. The summed E-state index contributed by atoms with van der Waals surface area (Å²) in [5.41, 5.74) is -0.692. The second kappa shape index (κ2) is 7.13. The number of carbonyl (C=O) groups is 2. The summed E-state index contributed by atoms with van der Waals surface area (Å²) < 4.78 is 0. The van der Waals surface area contributed by atoms with Crippen molar-refractivity contribution in [3.63, 3.8) is 0 Å². The highest BCUT2D eigenvalue weighted by molar-refractivity contribution is 5.85. The van der Waals surface area contributed by atoms with E-state index >= 15 is 0 Å². The minimum Gasteiger partial charge on any atom is -0.465 e. The zero-order chi connectivity index (χ0) is 15.2. The Morgan fingerprint density at radius 1 is 1.42 bits per heavy atom. The lowest BCUT2D eigenvalue weighted by Crippen LogP contribution is -2.57. The highest BCUT2D eigenvalue weighted by Crippen LogP contribution is 2.21. The molecule has 6 nitrogen and oxygen atoms in total. The van der Waals surface area contributed by atoms with E-state index in [4.69, 9.17) is 4.84 Å². The molecule has 1 N–H and O–H groups in total. The van der Waals surface area contributed by atoms with Crippen LogP contribution in [-0.4, -0.2) is 52.3 Å². The van der Waals surface area contributed by atoms with Gasteiger partial charge in [0, 0.05) is 12.1 Å². The molecule has 0 aliphatic rings.